The highest BCUT2D eigenvalue weighted by molar-refractivity contribution is 6.11. The van der Waals surface area contributed by atoms with Crippen LogP contribution in [0.5, 0.6) is 11.5 Å². The van der Waals surface area contributed by atoms with Crippen molar-refractivity contribution in [3.05, 3.63) is 53.6 Å². The van der Waals surface area contributed by atoms with E-state index in [9.17, 15) is 9.59 Å². The van der Waals surface area contributed by atoms with Crippen LogP contribution in [0.1, 0.15) is 33.6 Å². The van der Waals surface area contributed by atoms with Crippen LogP contribution >= 0.6 is 0 Å². The molecule has 0 saturated carbocycles. The summed E-state index contributed by atoms with van der Waals surface area (Å²) in [5.41, 5.74) is 1.05. The number of nitrogens with one attached hydrogen (secondary N) is 2. The summed E-state index contributed by atoms with van der Waals surface area (Å²) in [6.07, 6.45) is 1.99. The van der Waals surface area contributed by atoms with Gasteiger partial charge in [-0.25, -0.2) is 0 Å². The van der Waals surface area contributed by atoms with E-state index in [4.69, 9.17) is 14.2 Å². The highest BCUT2D eigenvalue weighted by Crippen LogP contribution is 2.29. The number of carbonyl (C=O) groups excluding carboxylic acids is 2. The number of methoxy groups -OCH3 is 2. The van der Waals surface area contributed by atoms with Gasteiger partial charge in [-0.2, -0.15) is 0 Å². The zero-order valence-electron chi connectivity index (χ0n) is 16.0. The van der Waals surface area contributed by atoms with Crippen molar-refractivity contribution in [1.29, 1.82) is 0 Å². The molecule has 2 aromatic rings. The minimum atomic E-state index is -0.423. The molecule has 0 spiro atoms. The lowest BCUT2D eigenvalue weighted by Gasteiger charge is -2.15. The fourth-order valence-corrected chi connectivity index (χ4v) is 3.16. The van der Waals surface area contributed by atoms with Crippen molar-refractivity contribution in [3.8, 4) is 11.5 Å². The number of hydrogen-bond acceptors (Lipinski definition) is 5. The number of rotatable bonds is 7. The van der Waals surface area contributed by atoms with E-state index in [1.807, 2.05) is 0 Å². The molecule has 0 radical (unpaired) electrons. The second-order valence-corrected chi connectivity index (χ2v) is 6.38. The van der Waals surface area contributed by atoms with Crippen molar-refractivity contribution < 1.29 is 23.8 Å². The molecular formula is C21H24N2O5. The SMILES string of the molecule is COc1cccc(OC)c1C(=O)Nc1ccccc1C(=O)NCC1CCCO1. The second-order valence-electron chi connectivity index (χ2n) is 6.38. The lowest BCUT2D eigenvalue weighted by Crippen LogP contribution is -2.32. The number of ether oxygens (including phenoxy) is 3. The maximum Gasteiger partial charge on any atom is 0.263 e. The molecule has 1 aliphatic heterocycles. The second kappa shape index (κ2) is 9.23. The molecule has 0 bridgehead atoms. The Kier molecular flexibility index (Phi) is 6.49. The van der Waals surface area contributed by atoms with Crippen LogP contribution < -0.4 is 20.1 Å². The largest absolute Gasteiger partial charge is 0.496 e. The van der Waals surface area contributed by atoms with Crippen LogP contribution in [0.2, 0.25) is 0 Å². The van der Waals surface area contributed by atoms with E-state index in [1.54, 1.807) is 42.5 Å². The fourth-order valence-electron chi connectivity index (χ4n) is 3.16. The van der Waals surface area contributed by atoms with Crippen molar-refractivity contribution in [2.24, 2.45) is 0 Å². The third-order valence-electron chi connectivity index (χ3n) is 4.59. The molecule has 7 nitrogen and oxygen atoms in total. The van der Waals surface area contributed by atoms with Gasteiger partial charge in [0.25, 0.3) is 11.8 Å². The van der Waals surface area contributed by atoms with Crippen LogP contribution in [0, 0.1) is 0 Å². The van der Waals surface area contributed by atoms with Gasteiger partial charge in [0.05, 0.1) is 31.6 Å². The Morgan fingerprint density at radius 1 is 1.04 bits per heavy atom. The summed E-state index contributed by atoms with van der Waals surface area (Å²) in [5.74, 6) is 0.0846. The highest BCUT2D eigenvalue weighted by Gasteiger charge is 2.21. The number of benzene rings is 2. The predicted octanol–water partition coefficient (Wildman–Crippen LogP) is 2.86. The smallest absolute Gasteiger partial charge is 0.263 e. The Bertz CT molecular complexity index is 824. The lowest BCUT2D eigenvalue weighted by molar-refractivity contribution is 0.0858. The third-order valence-corrected chi connectivity index (χ3v) is 4.59. The monoisotopic (exact) mass is 384 g/mol. The minimum Gasteiger partial charge on any atom is -0.496 e. The molecule has 1 atom stereocenters. The average Bonchev–Trinajstić information content (AvgIpc) is 3.25. The third kappa shape index (κ3) is 4.43. The van der Waals surface area contributed by atoms with Crippen molar-refractivity contribution >= 4 is 17.5 Å². The molecular weight excluding hydrogens is 360 g/mol. The molecule has 1 saturated heterocycles. The van der Waals surface area contributed by atoms with Crippen LogP contribution in [-0.2, 0) is 4.74 Å². The summed E-state index contributed by atoms with van der Waals surface area (Å²) in [5, 5.41) is 5.67. The van der Waals surface area contributed by atoms with E-state index in [1.165, 1.54) is 14.2 Å². The summed E-state index contributed by atoms with van der Waals surface area (Å²) in [6, 6.07) is 11.9. The van der Waals surface area contributed by atoms with Gasteiger partial charge in [-0.1, -0.05) is 18.2 Å². The van der Waals surface area contributed by atoms with E-state index in [-0.39, 0.29) is 17.6 Å². The van der Waals surface area contributed by atoms with Gasteiger partial charge < -0.3 is 24.8 Å². The quantitative estimate of drug-likeness (QED) is 0.767. The van der Waals surface area contributed by atoms with Gasteiger partial charge in [0.1, 0.15) is 17.1 Å². The molecule has 1 aliphatic rings. The number of carbonyl (C=O) groups is 2. The predicted molar refractivity (Wildman–Crippen MR) is 105 cm³/mol. The molecule has 1 fully saturated rings. The normalized spacial score (nSPS) is 15.7. The van der Waals surface area contributed by atoms with E-state index in [0.717, 1.165) is 19.4 Å². The van der Waals surface area contributed by atoms with E-state index < -0.39 is 5.91 Å². The molecule has 0 aliphatic carbocycles. The van der Waals surface area contributed by atoms with Crippen molar-refractivity contribution in [1.82, 2.24) is 5.32 Å². The van der Waals surface area contributed by atoms with Crippen LogP contribution in [0.3, 0.4) is 0 Å². The fraction of sp³-hybridized carbons (Fsp3) is 0.333. The Hall–Kier alpha value is -3.06. The Morgan fingerprint density at radius 2 is 1.75 bits per heavy atom. The first-order valence-corrected chi connectivity index (χ1v) is 9.15. The summed E-state index contributed by atoms with van der Waals surface area (Å²) >= 11 is 0. The molecule has 1 unspecified atom stereocenters. The minimum absolute atomic E-state index is 0.0449. The molecule has 1 heterocycles. The zero-order valence-corrected chi connectivity index (χ0v) is 16.0. The van der Waals surface area contributed by atoms with Gasteiger partial charge in [-0.15, -0.1) is 0 Å². The van der Waals surface area contributed by atoms with Crippen molar-refractivity contribution in [3.63, 3.8) is 0 Å². The Balaban J connectivity index is 1.78. The van der Waals surface area contributed by atoms with Gasteiger partial charge in [-0.05, 0) is 37.1 Å². The molecule has 2 N–H and O–H groups in total. The first kappa shape index (κ1) is 19.7. The Morgan fingerprint density at radius 3 is 2.39 bits per heavy atom. The van der Waals surface area contributed by atoms with Crippen LogP contribution in [0.15, 0.2) is 42.5 Å². The molecule has 7 heteroatoms. The summed E-state index contributed by atoms with van der Waals surface area (Å²) in [7, 11) is 2.97. The van der Waals surface area contributed by atoms with E-state index >= 15 is 0 Å². The number of hydrogen-bond donors (Lipinski definition) is 2. The van der Waals surface area contributed by atoms with E-state index in [0.29, 0.717) is 29.3 Å². The van der Waals surface area contributed by atoms with Crippen molar-refractivity contribution in [2.75, 3.05) is 32.7 Å². The van der Waals surface area contributed by atoms with Crippen LogP contribution in [0.25, 0.3) is 0 Å². The Labute approximate surface area is 164 Å². The maximum absolute atomic E-state index is 12.9. The van der Waals surface area contributed by atoms with Gasteiger partial charge >= 0.3 is 0 Å². The van der Waals surface area contributed by atoms with Gasteiger partial charge in [0.15, 0.2) is 0 Å². The number of amides is 2. The average molecular weight is 384 g/mol. The van der Waals surface area contributed by atoms with Crippen LogP contribution in [0.4, 0.5) is 5.69 Å². The molecule has 2 amide bonds. The zero-order chi connectivity index (χ0) is 19.9. The van der Waals surface area contributed by atoms with E-state index in [2.05, 4.69) is 10.6 Å². The summed E-state index contributed by atoms with van der Waals surface area (Å²) in [6.45, 7) is 1.18. The van der Waals surface area contributed by atoms with Gasteiger partial charge in [-0.3, -0.25) is 9.59 Å². The standard InChI is InChI=1S/C21H24N2O5/c1-26-17-10-5-11-18(27-2)19(17)21(25)23-16-9-4-3-8-15(16)20(24)22-13-14-7-6-12-28-14/h3-5,8-11,14H,6-7,12-13H2,1-2H3,(H,22,24)(H,23,25). The van der Waals surface area contributed by atoms with Gasteiger partial charge in [0.2, 0.25) is 0 Å². The lowest BCUT2D eigenvalue weighted by atomic mass is 10.1. The first-order chi connectivity index (χ1) is 13.6. The number of para-hydroxylation sites is 1. The number of anilines is 1. The summed E-state index contributed by atoms with van der Waals surface area (Å²) in [4.78, 5) is 25.5. The van der Waals surface area contributed by atoms with Crippen molar-refractivity contribution in [2.45, 2.75) is 18.9 Å². The first-order valence-electron chi connectivity index (χ1n) is 9.15. The molecule has 0 aromatic heterocycles. The summed E-state index contributed by atoms with van der Waals surface area (Å²) < 4.78 is 16.1. The highest BCUT2D eigenvalue weighted by atomic mass is 16.5. The molecule has 2 aromatic carbocycles. The van der Waals surface area contributed by atoms with Crippen LogP contribution in [-0.4, -0.2) is 45.3 Å². The molecule has 28 heavy (non-hydrogen) atoms. The van der Waals surface area contributed by atoms with Gasteiger partial charge in [0, 0.05) is 13.2 Å². The molecule has 3 rings (SSSR count). The molecule has 148 valence electrons. The maximum atomic E-state index is 12.9. The topological polar surface area (TPSA) is 85.9 Å².